The molecule has 0 unspecified atom stereocenters. The van der Waals surface area contributed by atoms with E-state index in [1.165, 1.54) is 0 Å². The highest BCUT2D eigenvalue weighted by Gasteiger charge is 2.11. The molecular weight excluding hydrogens is 244 g/mol. The van der Waals surface area contributed by atoms with E-state index in [1.54, 1.807) is 4.57 Å². The maximum absolute atomic E-state index is 8.52. The Morgan fingerprint density at radius 1 is 1.21 bits per heavy atom. The molecule has 0 aromatic carbocycles. The molecule has 0 amide bonds. The van der Waals surface area contributed by atoms with Crippen LogP contribution in [0.5, 0.6) is 0 Å². The van der Waals surface area contributed by atoms with Gasteiger partial charge >= 0.3 is 0 Å². The Kier molecular flexibility index (Phi) is 3.94. The van der Waals surface area contributed by atoms with Gasteiger partial charge in [-0.2, -0.15) is 15.0 Å². The van der Waals surface area contributed by atoms with Crippen LogP contribution in [0, 0.1) is 0 Å². The highest BCUT2D eigenvalue weighted by molar-refractivity contribution is 5.37. The molecule has 98 valence electrons. The molecule has 0 atom stereocenters. The summed E-state index contributed by atoms with van der Waals surface area (Å²) in [6, 6.07) is 3.74. The van der Waals surface area contributed by atoms with Gasteiger partial charge in [0.05, 0.1) is 0 Å². The molecule has 19 heavy (non-hydrogen) atoms. The minimum absolute atomic E-state index is 0.0723. The molecule has 2 aromatic rings. The van der Waals surface area contributed by atoms with Crippen LogP contribution >= 0.6 is 0 Å². The van der Waals surface area contributed by atoms with E-state index in [9.17, 15) is 0 Å². The summed E-state index contributed by atoms with van der Waals surface area (Å²) in [5.41, 5.74) is 8.52. The summed E-state index contributed by atoms with van der Waals surface area (Å²) in [5, 5.41) is 3.47. The summed E-state index contributed by atoms with van der Waals surface area (Å²) in [4.78, 5) is 17.3. The molecule has 2 aromatic heterocycles. The van der Waals surface area contributed by atoms with Gasteiger partial charge in [-0.1, -0.05) is 0 Å². The molecule has 8 nitrogen and oxygen atoms in total. The van der Waals surface area contributed by atoms with Gasteiger partial charge in [0, 0.05) is 30.4 Å². The fourth-order valence-corrected chi connectivity index (χ4v) is 1.66. The molecule has 0 saturated heterocycles. The minimum Gasteiger partial charge on any atom is -0.341 e. The van der Waals surface area contributed by atoms with Gasteiger partial charge in [0.25, 0.3) is 0 Å². The van der Waals surface area contributed by atoms with Crippen molar-refractivity contribution in [2.75, 3.05) is 18.0 Å². The number of anilines is 1. The normalized spacial score (nSPS) is 10.0. The lowest BCUT2D eigenvalue weighted by Crippen LogP contribution is -2.25. The lowest BCUT2D eigenvalue weighted by atomic mass is 10.5. The largest absolute Gasteiger partial charge is 0.341 e. The van der Waals surface area contributed by atoms with Crippen molar-refractivity contribution >= 4 is 11.9 Å². The van der Waals surface area contributed by atoms with Gasteiger partial charge in [-0.25, -0.2) is 0 Å². The third-order valence-electron chi connectivity index (χ3n) is 2.62. The zero-order valence-electron chi connectivity index (χ0n) is 10.8. The van der Waals surface area contributed by atoms with Gasteiger partial charge in [-0.05, 0) is 36.6 Å². The predicted molar refractivity (Wildman–Crippen MR) is 71.5 cm³/mol. The van der Waals surface area contributed by atoms with E-state index in [0.29, 0.717) is 11.9 Å². The summed E-state index contributed by atoms with van der Waals surface area (Å²) >= 11 is 0. The predicted octanol–water partition coefficient (Wildman–Crippen LogP) is 2.45. The molecule has 2 rings (SSSR count). The maximum Gasteiger partial charge on any atom is 0.238 e. The molecule has 0 bridgehead atoms. The Morgan fingerprint density at radius 2 is 1.89 bits per heavy atom. The van der Waals surface area contributed by atoms with Gasteiger partial charge in [-0.3, -0.25) is 4.57 Å². The standard InChI is InChI=1S/C11H14N8/c1-3-18(4-2)10-13-9(16-17-12)14-11(15-10)19-7-5-6-8-19/h5-8H,3-4H2,1-2H3. The van der Waals surface area contributed by atoms with Gasteiger partial charge in [-0.15, -0.1) is 0 Å². The molecule has 8 heteroatoms. The van der Waals surface area contributed by atoms with Gasteiger partial charge in [0.15, 0.2) is 0 Å². The SMILES string of the molecule is CCN(CC)c1nc(N=[N+]=[N-])nc(-n2cccc2)n1. The number of aromatic nitrogens is 4. The zero-order valence-corrected chi connectivity index (χ0v) is 10.8. The first-order valence-electron chi connectivity index (χ1n) is 5.98. The minimum atomic E-state index is 0.0723. The first kappa shape index (κ1) is 12.8. The second kappa shape index (κ2) is 5.83. The number of hydrogen-bond donors (Lipinski definition) is 0. The molecule has 0 fully saturated rings. The van der Waals surface area contributed by atoms with E-state index in [0.717, 1.165) is 13.1 Å². The quantitative estimate of drug-likeness (QED) is 0.467. The van der Waals surface area contributed by atoms with E-state index in [1.807, 2.05) is 43.3 Å². The lowest BCUT2D eigenvalue weighted by Gasteiger charge is -2.18. The average Bonchev–Trinajstić information content (AvgIpc) is 2.94. The van der Waals surface area contributed by atoms with E-state index >= 15 is 0 Å². The van der Waals surface area contributed by atoms with Crippen molar-refractivity contribution in [3.8, 4) is 5.95 Å². The van der Waals surface area contributed by atoms with Crippen molar-refractivity contribution in [2.45, 2.75) is 13.8 Å². The summed E-state index contributed by atoms with van der Waals surface area (Å²) in [6.07, 6.45) is 3.64. The zero-order chi connectivity index (χ0) is 13.7. The molecule has 2 heterocycles. The lowest BCUT2D eigenvalue weighted by molar-refractivity contribution is 0.794. The van der Waals surface area contributed by atoms with E-state index in [2.05, 4.69) is 25.0 Å². The number of azide groups is 1. The van der Waals surface area contributed by atoms with Gasteiger partial charge < -0.3 is 4.90 Å². The molecule has 0 aliphatic carbocycles. The molecule has 0 saturated carbocycles. The van der Waals surface area contributed by atoms with Crippen LogP contribution in [0.4, 0.5) is 11.9 Å². The van der Waals surface area contributed by atoms with E-state index < -0.39 is 0 Å². The second-order valence-electron chi connectivity index (χ2n) is 3.69. The fraction of sp³-hybridized carbons (Fsp3) is 0.364. The van der Waals surface area contributed by atoms with Gasteiger partial charge in [0.2, 0.25) is 17.8 Å². The molecule has 0 radical (unpaired) electrons. The van der Waals surface area contributed by atoms with E-state index in [4.69, 9.17) is 5.53 Å². The third-order valence-corrected chi connectivity index (χ3v) is 2.62. The molecule has 0 aliphatic rings. The van der Waals surface area contributed by atoms with Gasteiger partial charge in [0.1, 0.15) is 0 Å². The van der Waals surface area contributed by atoms with Crippen LogP contribution in [-0.2, 0) is 0 Å². The van der Waals surface area contributed by atoms with Crippen molar-refractivity contribution < 1.29 is 0 Å². The number of nitrogens with zero attached hydrogens (tertiary/aromatic N) is 8. The van der Waals surface area contributed by atoms with Crippen molar-refractivity contribution in [2.24, 2.45) is 5.11 Å². The monoisotopic (exact) mass is 258 g/mol. The topological polar surface area (TPSA) is 95.6 Å². The van der Waals surface area contributed by atoms with E-state index in [-0.39, 0.29) is 5.95 Å². The first-order valence-corrected chi connectivity index (χ1v) is 5.98. The van der Waals surface area contributed by atoms with Crippen LogP contribution in [-0.4, -0.2) is 32.6 Å². The summed E-state index contributed by atoms with van der Waals surface area (Å²) < 4.78 is 1.74. The highest BCUT2D eigenvalue weighted by atomic mass is 15.3. The Hall–Kier alpha value is -2.60. The van der Waals surface area contributed by atoms with Crippen LogP contribution in [0.1, 0.15) is 13.8 Å². The molecule has 0 aliphatic heterocycles. The third kappa shape index (κ3) is 2.80. The molecule has 0 spiro atoms. The molecule has 0 N–H and O–H groups in total. The summed E-state index contributed by atoms with van der Waals surface area (Å²) in [6.45, 7) is 5.55. The van der Waals surface area contributed by atoms with Crippen LogP contribution in [0.15, 0.2) is 29.6 Å². The second-order valence-corrected chi connectivity index (χ2v) is 3.69. The Morgan fingerprint density at radius 3 is 2.47 bits per heavy atom. The van der Waals surface area contributed by atoms with Crippen molar-refractivity contribution in [3.63, 3.8) is 0 Å². The number of rotatable bonds is 5. The average molecular weight is 258 g/mol. The maximum atomic E-state index is 8.52. The van der Waals surface area contributed by atoms with Crippen LogP contribution in [0.3, 0.4) is 0 Å². The van der Waals surface area contributed by atoms with Crippen LogP contribution in [0.2, 0.25) is 0 Å². The first-order chi connectivity index (χ1) is 9.28. The van der Waals surface area contributed by atoms with Crippen molar-refractivity contribution in [1.82, 2.24) is 19.5 Å². The Balaban J connectivity index is 2.52. The highest BCUT2D eigenvalue weighted by Crippen LogP contribution is 2.15. The van der Waals surface area contributed by atoms with Crippen molar-refractivity contribution in [3.05, 3.63) is 35.0 Å². The Labute approximate surface area is 110 Å². The molecular formula is C11H14N8. The van der Waals surface area contributed by atoms with Crippen molar-refractivity contribution in [1.29, 1.82) is 0 Å². The smallest absolute Gasteiger partial charge is 0.238 e. The van der Waals surface area contributed by atoms with Crippen LogP contribution in [0.25, 0.3) is 16.4 Å². The number of hydrogen-bond acceptors (Lipinski definition) is 5. The van der Waals surface area contributed by atoms with Crippen LogP contribution < -0.4 is 4.90 Å². The summed E-state index contributed by atoms with van der Waals surface area (Å²) in [5.74, 6) is 1.01. The summed E-state index contributed by atoms with van der Waals surface area (Å²) in [7, 11) is 0. The Bertz CT molecular complexity index is 581. The fourth-order valence-electron chi connectivity index (χ4n) is 1.66.